The Kier molecular flexibility index (Phi) is 6.52. The fourth-order valence-electron chi connectivity index (χ4n) is 3.47. The third kappa shape index (κ3) is 4.42. The molecule has 2 aromatic rings. The summed E-state index contributed by atoms with van der Waals surface area (Å²) in [6.07, 6.45) is 4.53. The van der Waals surface area contributed by atoms with Gasteiger partial charge in [0, 0.05) is 23.9 Å². The molecule has 0 saturated heterocycles. The van der Waals surface area contributed by atoms with Gasteiger partial charge in [-0.15, -0.1) is 0 Å². The molecule has 1 aromatic carbocycles. The van der Waals surface area contributed by atoms with Crippen LogP contribution in [0, 0.1) is 5.92 Å². The number of carboxylic acids is 1. The number of fused-ring (bicyclic) bond motifs is 3. The van der Waals surface area contributed by atoms with Crippen LogP contribution in [0.5, 0.6) is 11.5 Å². The molecule has 6 nitrogen and oxygen atoms in total. The lowest BCUT2D eigenvalue weighted by Gasteiger charge is -2.24. The Bertz CT molecular complexity index is 966. The number of ether oxygens (including phenoxy) is 2. The van der Waals surface area contributed by atoms with E-state index in [1.54, 1.807) is 12.1 Å². The maximum atomic E-state index is 12.4. The molecule has 0 unspecified atom stereocenters. The number of hydrogen-bond acceptors (Lipinski definition) is 4. The summed E-state index contributed by atoms with van der Waals surface area (Å²) in [7, 11) is 0. The van der Waals surface area contributed by atoms with Gasteiger partial charge in [0.1, 0.15) is 23.7 Å². The summed E-state index contributed by atoms with van der Waals surface area (Å²) >= 11 is 6.45. The standard InChI is InChI=1S/C22H26ClNO5/c1-4-5-6-7-28-21-10-20-14(8-16(21)23)17-9-19(25)15(22(26)27)11-24(17)18(12-29-20)13(2)3/h8-11,13,18H,4-7,12H2,1-3H3,(H,26,27)/t18-/m0/s1. The van der Waals surface area contributed by atoms with Crippen molar-refractivity contribution in [3.63, 3.8) is 0 Å². The topological polar surface area (TPSA) is 77.8 Å². The van der Waals surface area contributed by atoms with Crippen molar-refractivity contribution >= 4 is 17.6 Å². The van der Waals surface area contributed by atoms with Crippen LogP contribution in [0.3, 0.4) is 0 Å². The number of unbranched alkanes of at least 4 members (excludes halogenated alkanes) is 2. The highest BCUT2D eigenvalue weighted by molar-refractivity contribution is 6.32. The molecule has 1 aliphatic rings. The number of carbonyl (C=O) groups is 1. The molecule has 156 valence electrons. The second-order valence-electron chi connectivity index (χ2n) is 7.61. The van der Waals surface area contributed by atoms with Crippen molar-refractivity contribution in [2.24, 2.45) is 5.92 Å². The number of carboxylic acid groups (broad SMARTS) is 1. The fraction of sp³-hybridized carbons (Fsp3) is 0.455. The molecule has 1 aliphatic heterocycles. The molecule has 3 rings (SSSR count). The first-order valence-corrected chi connectivity index (χ1v) is 10.3. The maximum absolute atomic E-state index is 12.4. The van der Waals surface area contributed by atoms with Crippen LogP contribution in [0.4, 0.5) is 0 Å². The molecule has 1 atom stereocenters. The van der Waals surface area contributed by atoms with Crippen LogP contribution >= 0.6 is 11.6 Å². The molecule has 0 aliphatic carbocycles. The molecule has 0 bridgehead atoms. The number of hydrogen-bond donors (Lipinski definition) is 1. The highest BCUT2D eigenvalue weighted by atomic mass is 35.5. The molecule has 0 spiro atoms. The predicted molar refractivity (Wildman–Crippen MR) is 112 cm³/mol. The monoisotopic (exact) mass is 419 g/mol. The van der Waals surface area contributed by atoms with Crippen molar-refractivity contribution in [2.45, 2.75) is 46.1 Å². The highest BCUT2D eigenvalue weighted by Gasteiger charge is 2.27. The third-order valence-electron chi connectivity index (χ3n) is 5.16. The van der Waals surface area contributed by atoms with E-state index in [2.05, 4.69) is 6.92 Å². The van der Waals surface area contributed by atoms with Gasteiger partial charge in [0.2, 0.25) is 0 Å². The molecule has 0 saturated carbocycles. The fourth-order valence-corrected chi connectivity index (χ4v) is 3.69. The average Bonchev–Trinajstić information content (AvgIpc) is 2.81. The minimum atomic E-state index is -1.24. The molecule has 1 aromatic heterocycles. The van der Waals surface area contributed by atoms with E-state index in [0.29, 0.717) is 41.0 Å². The zero-order valence-corrected chi connectivity index (χ0v) is 17.7. The van der Waals surface area contributed by atoms with Gasteiger partial charge in [0.15, 0.2) is 5.43 Å². The minimum absolute atomic E-state index is 0.135. The Balaban J connectivity index is 2.09. The first-order valence-electron chi connectivity index (χ1n) is 9.92. The van der Waals surface area contributed by atoms with E-state index in [1.807, 2.05) is 18.4 Å². The predicted octanol–water partition coefficient (Wildman–Crippen LogP) is 5.03. The average molecular weight is 420 g/mol. The molecule has 0 radical (unpaired) electrons. The van der Waals surface area contributed by atoms with Gasteiger partial charge in [0.05, 0.1) is 23.4 Å². The lowest BCUT2D eigenvalue weighted by atomic mass is 10.0. The Morgan fingerprint density at radius 3 is 2.76 bits per heavy atom. The summed E-state index contributed by atoms with van der Waals surface area (Å²) in [5.74, 6) is 0.0272. The molecular weight excluding hydrogens is 394 g/mol. The van der Waals surface area contributed by atoms with Crippen LogP contribution in [-0.4, -0.2) is 28.9 Å². The summed E-state index contributed by atoms with van der Waals surface area (Å²) in [5, 5.41) is 9.80. The summed E-state index contributed by atoms with van der Waals surface area (Å²) in [5.41, 5.74) is 0.429. The number of nitrogens with zero attached hydrogens (tertiary/aromatic N) is 1. The number of benzene rings is 1. The van der Waals surface area contributed by atoms with Crippen molar-refractivity contribution in [1.29, 1.82) is 0 Å². The molecule has 7 heteroatoms. The van der Waals surface area contributed by atoms with E-state index in [1.165, 1.54) is 12.3 Å². The van der Waals surface area contributed by atoms with Gasteiger partial charge in [-0.2, -0.15) is 0 Å². The largest absolute Gasteiger partial charge is 0.492 e. The quantitative estimate of drug-likeness (QED) is 0.637. The molecular formula is C22H26ClNO5. The summed E-state index contributed by atoms with van der Waals surface area (Å²) in [4.78, 5) is 23.9. The third-order valence-corrected chi connectivity index (χ3v) is 5.46. The van der Waals surface area contributed by atoms with Gasteiger partial charge in [-0.25, -0.2) is 4.79 Å². The van der Waals surface area contributed by atoms with Gasteiger partial charge in [-0.05, 0) is 18.4 Å². The first-order chi connectivity index (χ1) is 13.8. The van der Waals surface area contributed by atoms with Gasteiger partial charge in [-0.1, -0.05) is 45.2 Å². The van der Waals surface area contributed by atoms with Crippen LogP contribution in [-0.2, 0) is 0 Å². The second kappa shape index (κ2) is 8.91. The number of aromatic carboxylic acids is 1. The van der Waals surface area contributed by atoms with Gasteiger partial charge < -0.3 is 19.1 Å². The first kappa shape index (κ1) is 21.2. The van der Waals surface area contributed by atoms with Gasteiger partial charge in [0.25, 0.3) is 0 Å². The van der Waals surface area contributed by atoms with E-state index >= 15 is 0 Å². The van der Waals surface area contributed by atoms with Crippen molar-refractivity contribution < 1.29 is 19.4 Å². The summed E-state index contributed by atoms with van der Waals surface area (Å²) in [6, 6.07) is 4.70. The Labute approximate surface area is 175 Å². The lowest BCUT2D eigenvalue weighted by Crippen LogP contribution is -2.25. The van der Waals surface area contributed by atoms with Crippen LogP contribution in [0.25, 0.3) is 11.3 Å². The number of aromatic nitrogens is 1. The summed E-state index contributed by atoms with van der Waals surface area (Å²) < 4.78 is 13.7. The van der Waals surface area contributed by atoms with Crippen molar-refractivity contribution in [2.75, 3.05) is 13.2 Å². The molecule has 1 N–H and O–H groups in total. The minimum Gasteiger partial charge on any atom is -0.492 e. The molecule has 0 amide bonds. The molecule has 2 heterocycles. The Hall–Kier alpha value is -2.47. The summed E-state index contributed by atoms with van der Waals surface area (Å²) in [6.45, 7) is 7.10. The molecule has 0 fully saturated rings. The van der Waals surface area contributed by atoms with Crippen LogP contribution in [0.1, 0.15) is 56.4 Å². The number of pyridine rings is 1. The zero-order chi connectivity index (χ0) is 21.1. The van der Waals surface area contributed by atoms with E-state index in [9.17, 15) is 14.7 Å². The maximum Gasteiger partial charge on any atom is 0.341 e. The van der Waals surface area contributed by atoms with Crippen molar-refractivity contribution in [3.05, 3.63) is 45.2 Å². The van der Waals surface area contributed by atoms with Crippen LogP contribution in [0.2, 0.25) is 5.02 Å². The Morgan fingerprint density at radius 1 is 1.34 bits per heavy atom. The number of halogens is 1. The smallest absolute Gasteiger partial charge is 0.341 e. The SMILES string of the molecule is CCCCCOc1cc2c(cc1Cl)-c1cc(=O)c(C(=O)O)cn1[C@H](C(C)C)CO2. The van der Waals surface area contributed by atoms with E-state index in [4.69, 9.17) is 21.1 Å². The van der Waals surface area contributed by atoms with Crippen LogP contribution in [0.15, 0.2) is 29.2 Å². The zero-order valence-electron chi connectivity index (χ0n) is 16.9. The van der Waals surface area contributed by atoms with E-state index in [0.717, 1.165) is 19.3 Å². The lowest BCUT2D eigenvalue weighted by molar-refractivity contribution is 0.0694. The normalized spacial score (nSPS) is 15.3. The highest BCUT2D eigenvalue weighted by Crippen LogP contribution is 2.42. The van der Waals surface area contributed by atoms with Crippen molar-refractivity contribution in [3.8, 4) is 22.8 Å². The molecule has 29 heavy (non-hydrogen) atoms. The number of rotatable bonds is 7. The second-order valence-corrected chi connectivity index (χ2v) is 8.01. The van der Waals surface area contributed by atoms with Gasteiger partial charge in [-0.3, -0.25) is 4.79 Å². The van der Waals surface area contributed by atoms with Crippen LogP contribution < -0.4 is 14.9 Å². The van der Waals surface area contributed by atoms with Gasteiger partial charge >= 0.3 is 5.97 Å². The van der Waals surface area contributed by atoms with E-state index < -0.39 is 11.4 Å². The van der Waals surface area contributed by atoms with E-state index in [-0.39, 0.29) is 17.5 Å². The van der Waals surface area contributed by atoms with Crippen molar-refractivity contribution in [1.82, 2.24) is 4.57 Å². The Morgan fingerprint density at radius 2 is 2.10 bits per heavy atom.